The summed E-state index contributed by atoms with van der Waals surface area (Å²) in [6.45, 7) is 10.3. The highest BCUT2D eigenvalue weighted by Crippen LogP contribution is 2.44. The third-order valence-electron chi connectivity index (χ3n) is 6.85. The van der Waals surface area contributed by atoms with Gasteiger partial charge in [-0.05, 0) is 38.1 Å². The Morgan fingerprint density at radius 2 is 2.03 bits per heavy atom. The molecular weight excluding hydrogens is 438 g/mol. The molecule has 2 N–H and O–H groups in total. The van der Waals surface area contributed by atoms with E-state index in [1.807, 2.05) is 0 Å². The quantitative estimate of drug-likeness (QED) is 0.347. The third kappa shape index (κ3) is 4.49. The summed E-state index contributed by atoms with van der Waals surface area (Å²) in [6, 6.07) is 9.41. The van der Waals surface area contributed by atoms with E-state index in [-0.39, 0.29) is 6.04 Å². The highest BCUT2D eigenvalue weighted by Gasteiger charge is 2.30. The maximum absolute atomic E-state index is 5.56. The molecule has 0 saturated carbocycles. The molecule has 3 heterocycles. The number of benzene rings is 1. The van der Waals surface area contributed by atoms with Gasteiger partial charge in [0.2, 0.25) is 0 Å². The van der Waals surface area contributed by atoms with Gasteiger partial charge in [0.15, 0.2) is 0 Å². The van der Waals surface area contributed by atoms with Gasteiger partial charge in [-0.15, -0.1) is 11.3 Å². The lowest BCUT2D eigenvalue weighted by Crippen LogP contribution is -2.43. The molecule has 1 atom stereocenters. The van der Waals surface area contributed by atoms with E-state index >= 15 is 0 Å². The summed E-state index contributed by atoms with van der Waals surface area (Å²) in [7, 11) is 2.21. The SMILES string of the molecule is C/C=C/C(C)n1nc(-c2csc(C#CCN)c2)c2c1-c1ccc(CN3CCN(C)CC3)cc1C2. The van der Waals surface area contributed by atoms with Gasteiger partial charge in [-0.1, -0.05) is 42.2 Å². The predicted molar refractivity (Wildman–Crippen MR) is 142 cm³/mol. The number of piperazine rings is 1. The molecule has 1 saturated heterocycles. The number of nitrogens with two attached hydrogens (primary N) is 1. The van der Waals surface area contributed by atoms with Crippen LogP contribution in [0.15, 0.2) is 41.8 Å². The predicted octanol–water partition coefficient (Wildman–Crippen LogP) is 4.38. The molecule has 176 valence electrons. The Morgan fingerprint density at radius 1 is 1.21 bits per heavy atom. The van der Waals surface area contributed by atoms with E-state index in [4.69, 9.17) is 10.8 Å². The van der Waals surface area contributed by atoms with Crippen LogP contribution in [0.3, 0.4) is 0 Å². The molecule has 6 heteroatoms. The molecule has 0 spiro atoms. The molecule has 1 unspecified atom stereocenters. The molecular formula is C28H33N5S. The van der Waals surface area contributed by atoms with Crippen molar-refractivity contribution in [2.45, 2.75) is 32.9 Å². The Hall–Kier alpha value is -2.69. The largest absolute Gasteiger partial charge is 0.320 e. The van der Waals surface area contributed by atoms with Crippen molar-refractivity contribution in [2.75, 3.05) is 39.8 Å². The summed E-state index contributed by atoms with van der Waals surface area (Å²) in [5.41, 5.74) is 14.5. The lowest BCUT2D eigenvalue weighted by atomic mass is 10.0. The van der Waals surface area contributed by atoms with Crippen molar-refractivity contribution in [3.63, 3.8) is 0 Å². The Labute approximate surface area is 206 Å². The molecule has 0 bridgehead atoms. The Morgan fingerprint density at radius 3 is 2.79 bits per heavy atom. The van der Waals surface area contributed by atoms with Crippen molar-refractivity contribution in [1.29, 1.82) is 0 Å². The Kier molecular flexibility index (Phi) is 6.71. The highest BCUT2D eigenvalue weighted by atomic mass is 32.1. The van der Waals surface area contributed by atoms with Gasteiger partial charge >= 0.3 is 0 Å². The van der Waals surface area contributed by atoms with Gasteiger partial charge in [0.1, 0.15) is 0 Å². The summed E-state index contributed by atoms with van der Waals surface area (Å²) in [5, 5.41) is 7.30. The van der Waals surface area contributed by atoms with Crippen LogP contribution in [-0.4, -0.2) is 59.4 Å². The number of fused-ring (bicyclic) bond motifs is 3. The molecule has 0 amide bonds. The first-order valence-electron chi connectivity index (χ1n) is 12.1. The zero-order valence-corrected chi connectivity index (χ0v) is 21.2. The molecule has 5 rings (SSSR count). The van der Waals surface area contributed by atoms with E-state index < -0.39 is 0 Å². The van der Waals surface area contributed by atoms with Crippen LogP contribution in [0.1, 0.15) is 41.5 Å². The fourth-order valence-electron chi connectivity index (χ4n) is 5.05. The van der Waals surface area contributed by atoms with Crippen LogP contribution < -0.4 is 5.73 Å². The first kappa shape index (κ1) is 23.1. The third-order valence-corrected chi connectivity index (χ3v) is 7.69. The van der Waals surface area contributed by atoms with Crippen LogP contribution in [0.25, 0.3) is 22.5 Å². The molecule has 1 aliphatic heterocycles. The van der Waals surface area contributed by atoms with Crippen molar-refractivity contribution in [2.24, 2.45) is 5.73 Å². The fourth-order valence-corrected chi connectivity index (χ4v) is 5.81. The van der Waals surface area contributed by atoms with Crippen LogP contribution >= 0.6 is 11.3 Å². The van der Waals surface area contributed by atoms with Crippen molar-refractivity contribution >= 4 is 11.3 Å². The first-order valence-corrected chi connectivity index (χ1v) is 13.0. The fraction of sp³-hybridized carbons (Fsp3) is 0.393. The topological polar surface area (TPSA) is 50.3 Å². The lowest BCUT2D eigenvalue weighted by Gasteiger charge is -2.32. The summed E-state index contributed by atoms with van der Waals surface area (Å²) in [6.07, 6.45) is 5.25. The first-order chi connectivity index (χ1) is 16.6. The molecule has 5 nitrogen and oxygen atoms in total. The Balaban J connectivity index is 1.49. The minimum absolute atomic E-state index is 0.193. The normalized spacial score (nSPS) is 16.9. The monoisotopic (exact) mass is 471 g/mol. The maximum atomic E-state index is 5.56. The van der Waals surface area contributed by atoms with Gasteiger partial charge in [0.25, 0.3) is 0 Å². The Bertz CT molecular complexity index is 1260. The minimum Gasteiger partial charge on any atom is -0.320 e. The zero-order chi connectivity index (χ0) is 23.7. The number of rotatable bonds is 5. The van der Waals surface area contributed by atoms with Crippen LogP contribution in [0.5, 0.6) is 0 Å². The van der Waals surface area contributed by atoms with E-state index in [2.05, 4.69) is 89.0 Å². The zero-order valence-electron chi connectivity index (χ0n) is 20.3. The van der Waals surface area contributed by atoms with E-state index in [1.165, 1.54) is 27.9 Å². The summed E-state index contributed by atoms with van der Waals surface area (Å²) in [5.74, 6) is 6.13. The van der Waals surface area contributed by atoms with Crippen LogP contribution in [0, 0.1) is 11.8 Å². The summed E-state index contributed by atoms with van der Waals surface area (Å²) in [4.78, 5) is 6.02. The van der Waals surface area contributed by atoms with Crippen LogP contribution in [-0.2, 0) is 13.0 Å². The second-order valence-electron chi connectivity index (χ2n) is 9.34. The number of aromatic nitrogens is 2. The smallest absolute Gasteiger partial charge is 0.0974 e. The molecule has 1 aromatic carbocycles. The minimum atomic E-state index is 0.193. The van der Waals surface area contributed by atoms with Crippen molar-refractivity contribution < 1.29 is 0 Å². The summed E-state index contributed by atoms with van der Waals surface area (Å²) >= 11 is 1.66. The molecule has 2 aliphatic rings. The molecule has 1 fully saturated rings. The van der Waals surface area contributed by atoms with Gasteiger partial charge in [-0.3, -0.25) is 9.58 Å². The van der Waals surface area contributed by atoms with Gasteiger partial charge in [-0.25, -0.2) is 0 Å². The molecule has 0 radical (unpaired) electrons. The van der Waals surface area contributed by atoms with Crippen LogP contribution in [0.2, 0.25) is 0 Å². The van der Waals surface area contributed by atoms with E-state index in [1.54, 1.807) is 11.3 Å². The van der Waals surface area contributed by atoms with Gasteiger partial charge in [-0.2, -0.15) is 5.10 Å². The van der Waals surface area contributed by atoms with E-state index in [0.717, 1.165) is 55.3 Å². The number of likely N-dealkylation sites (N-methyl/N-ethyl adjacent to an activating group) is 1. The van der Waals surface area contributed by atoms with Gasteiger partial charge in [0.05, 0.1) is 28.9 Å². The van der Waals surface area contributed by atoms with Crippen LogP contribution in [0.4, 0.5) is 0 Å². The second-order valence-corrected chi connectivity index (χ2v) is 10.3. The average Bonchev–Trinajstić information content (AvgIpc) is 3.53. The molecule has 1 aliphatic carbocycles. The van der Waals surface area contributed by atoms with Crippen molar-refractivity contribution in [1.82, 2.24) is 19.6 Å². The number of hydrogen-bond acceptors (Lipinski definition) is 5. The maximum Gasteiger partial charge on any atom is 0.0974 e. The molecule has 3 aromatic rings. The summed E-state index contributed by atoms with van der Waals surface area (Å²) < 4.78 is 2.21. The number of nitrogens with zero attached hydrogens (tertiary/aromatic N) is 4. The molecule has 34 heavy (non-hydrogen) atoms. The number of hydrogen-bond donors (Lipinski definition) is 1. The standard InChI is InChI=1S/C28H33N5S/c1-4-6-20(2)33-28-25-9-8-21(18-32-13-11-31(3)12-14-32)15-22(25)17-26(28)27(30-33)23-16-24(34-19-23)7-5-10-29/h4,6,8-9,15-16,19-20H,10-14,17-18,29H2,1-3H3/b6-4+. The van der Waals surface area contributed by atoms with Crippen molar-refractivity contribution in [3.05, 3.63) is 63.4 Å². The lowest BCUT2D eigenvalue weighted by molar-refractivity contribution is 0.148. The van der Waals surface area contributed by atoms with Crippen molar-refractivity contribution in [3.8, 4) is 34.4 Å². The van der Waals surface area contributed by atoms with E-state index in [9.17, 15) is 0 Å². The number of allylic oxidation sites excluding steroid dienone is 2. The number of thiophene rings is 1. The second kappa shape index (κ2) is 9.89. The van der Waals surface area contributed by atoms with Gasteiger partial charge < -0.3 is 10.6 Å². The van der Waals surface area contributed by atoms with E-state index in [0.29, 0.717) is 6.54 Å². The van der Waals surface area contributed by atoms with Gasteiger partial charge in [0, 0.05) is 61.2 Å². The average molecular weight is 472 g/mol. The molecule has 2 aromatic heterocycles. The highest BCUT2D eigenvalue weighted by molar-refractivity contribution is 7.11.